The number of imidazole rings is 1. The number of hydrogen-bond donors (Lipinski definition) is 2. The second kappa shape index (κ2) is 5.45. The maximum Gasteiger partial charge on any atom is 0.158 e. The van der Waals surface area contributed by atoms with Gasteiger partial charge in [0.05, 0.1) is 10.2 Å². The Morgan fingerprint density at radius 2 is 2.09 bits per heavy atom. The van der Waals surface area contributed by atoms with Gasteiger partial charge in [0.25, 0.3) is 0 Å². The van der Waals surface area contributed by atoms with Crippen molar-refractivity contribution in [2.75, 3.05) is 0 Å². The number of nitrogens with zero attached hydrogens (tertiary/aromatic N) is 3. The van der Waals surface area contributed by atoms with Crippen molar-refractivity contribution in [1.29, 1.82) is 5.41 Å². The molecule has 112 valence electrons. The van der Waals surface area contributed by atoms with Gasteiger partial charge in [-0.2, -0.15) is 0 Å². The molecule has 2 heterocycles. The largest absolute Gasteiger partial charge is 0.382 e. The average Bonchev–Trinajstić information content (AvgIpc) is 2.93. The summed E-state index contributed by atoms with van der Waals surface area (Å²) in [6, 6.07) is 2.18. The van der Waals surface area contributed by atoms with E-state index in [0.717, 1.165) is 12.1 Å². The van der Waals surface area contributed by atoms with Crippen molar-refractivity contribution in [3.05, 3.63) is 63.8 Å². The van der Waals surface area contributed by atoms with Crippen LogP contribution in [0.25, 0.3) is 5.65 Å². The fourth-order valence-corrected chi connectivity index (χ4v) is 2.44. The molecule has 0 aliphatic rings. The molecule has 3 N–H and O–H groups in total. The predicted octanol–water partition coefficient (Wildman–Crippen LogP) is 2.64. The standard InChI is InChI=1S/C14H10BrF2N5/c15-8-5-9(16)7(3-10(8)17)4-11-14-20-1-2-22(14)6-12(21-11)13(18)19/h1-3,5-6H,4H2,(H3,18,19). The summed E-state index contributed by atoms with van der Waals surface area (Å²) in [6.07, 6.45) is 4.83. The Hall–Kier alpha value is -2.35. The maximum atomic E-state index is 14.0. The highest BCUT2D eigenvalue weighted by atomic mass is 79.9. The number of aromatic nitrogens is 3. The SMILES string of the molecule is N=C(N)c1cn2ccnc2c(Cc2cc(F)c(Br)cc2F)n1. The van der Waals surface area contributed by atoms with Gasteiger partial charge in [-0.25, -0.2) is 18.7 Å². The number of nitrogens with one attached hydrogen (secondary N) is 1. The Morgan fingerprint density at radius 1 is 1.32 bits per heavy atom. The van der Waals surface area contributed by atoms with Gasteiger partial charge in [-0.1, -0.05) is 0 Å². The molecular weight excluding hydrogens is 356 g/mol. The monoisotopic (exact) mass is 365 g/mol. The van der Waals surface area contributed by atoms with Gasteiger partial charge in [0.2, 0.25) is 0 Å². The summed E-state index contributed by atoms with van der Waals surface area (Å²) in [5, 5.41) is 7.49. The van der Waals surface area contributed by atoms with E-state index < -0.39 is 11.6 Å². The molecule has 0 fully saturated rings. The second-order valence-corrected chi connectivity index (χ2v) is 5.53. The van der Waals surface area contributed by atoms with E-state index in [1.165, 1.54) is 0 Å². The zero-order valence-corrected chi connectivity index (χ0v) is 12.7. The molecule has 0 saturated carbocycles. The fourth-order valence-electron chi connectivity index (χ4n) is 2.12. The van der Waals surface area contributed by atoms with Crippen LogP contribution in [0.3, 0.4) is 0 Å². The number of hydrogen-bond acceptors (Lipinski definition) is 3. The molecule has 3 rings (SSSR count). The molecule has 22 heavy (non-hydrogen) atoms. The van der Waals surface area contributed by atoms with Gasteiger partial charge in [0, 0.05) is 25.0 Å². The summed E-state index contributed by atoms with van der Waals surface area (Å²) >= 11 is 2.94. The zero-order chi connectivity index (χ0) is 15.9. The van der Waals surface area contributed by atoms with Crippen molar-refractivity contribution in [1.82, 2.24) is 14.4 Å². The summed E-state index contributed by atoms with van der Waals surface area (Å²) in [5.74, 6) is -1.31. The summed E-state index contributed by atoms with van der Waals surface area (Å²) in [6.45, 7) is 0. The number of amidine groups is 1. The minimum Gasteiger partial charge on any atom is -0.382 e. The first kappa shape index (κ1) is 14.6. The van der Waals surface area contributed by atoms with Crippen LogP contribution in [0.2, 0.25) is 0 Å². The summed E-state index contributed by atoms with van der Waals surface area (Å²) < 4.78 is 29.3. The molecule has 0 radical (unpaired) electrons. The molecule has 5 nitrogen and oxygen atoms in total. The van der Waals surface area contributed by atoms with Crippen LogP contribution in [0.1, 0.15) is 17.0 Å². The molecule has 0 atom stereocenters. The molecule has 1 aromatic carbocycles. The van der Waals surface area contributed by atoms with Crippen molar-refractivity contribution in [2.24, 2.45) is 5.73 Å². The number of benzene rings is 1. The second-order valence-electron chi connectivity index (χ2n) is 4.68. The molecule has 0 bridgehead atoms. The van der Waals surface area contributed by atoms with Crippen LogP contribution >= 0.6 is 15.9 Å². The van der Waals surface area contributed by atoms with E-state index >= 15 is 0 Å². The summed E-state index contributed by atoms with van der Waals surface area (Å²) in [5.41, 5.74) is 6.78. The fraction of sp³-hybridized carbons (Fsp3) is 0.0714. The van der Waals surface area contributed by atoms with Crippen LogP contribution in [0.5, 0.6) is 0 Å². The lowest BCUT2D eigenvalue weighted by Crippen LogP contribution is -2.16. The lowest BCUT2D eigenvalue weighted by Gasteiger charge is -2.08. The first-order chi connectivity index (χ1) is 10.5. The lowest BCUT2D eigenvalue weighted by atomic mass is 10.1. The molecular formula is C14H10BrF2N5. The predicted molar refractivity (Wildman–Crippen MR) is 80.9 cm³/mol. The van der Waals surface area contributed by atoms with Crippen molar-refractivity contribution in [2.45, 2.75) is 6.42 Å². The average molecular weight is 366 g/mol. The molecule has 0 aliphatic carbocycles. The van der Waals surface area contributed by atoms with Gasteiger partial charge >= 0.3 is 0 Å². The van der Waals surface area contributed by atoms with Crippen molar-refractivity contribution in [3.63, 3.8) is 0 Å². The highest BCUT2D eigenvalue weighted by Gasteiger charge is 2.14. The number of fused-ring (bicyclic) bond motifs is 1. The van der Waals surface area contributed by atoms with E-state index in [1.54, 1.807) is 23.0 Å². The van der Waals surface area contributed by atoms with Crippen LogP contribution in [-0.2, 0) is 6.42 Å². The highest BCUT2D eigenvalue weighted by molar-refractivity contribution is 9.10. The Labute approximate surface area is 132 Å². The molecule has 8 heteroatoms. The van der Waals surface area contributed by atoms with Gasteiger partial charge in [-0.15, -0.1) is 0 Å². The number of nitrogen functional groups attached to an aromatic ring is 1. The summed E-state index contributed by atoms with van der Waals surface area (Å²) in [7, 11) is 0. The third kappa shape index (κ3) is 2.57. The smallest absolute Gasteiger partial charge is 0.158 e. The van der Waals surface area contributed by atoms with Gasteiger partial charge < -0.3 is 10.1 Å². The van der Waals surface area contributed by atoms with Crippen LogP contribution in [-0.4, -0.2) is 20.2 Å². The van der Waals surface area contributed by atoms with Crippen molar-refractivity contribution >= 4 is 27.4 Å². The van der Waals surface area contributed by atoms with E-state index in [1.807, 2.05) is 0 Å². The zero-order valence-electron chi connectivity index (χ0n) is 11.1. The van der Waals surface area contributed by atoms with Crippen LogP contribution < -0.4 is 5.73 Å². The Kier molecular flexibility index (Phi) is 3.61. The maximum absolute atomic E-state index is 14.0. The van der Waals surface area contributed by atoms with Gasteiger partial charge in [-0.3, -0.25) is 5.41 Å². The molecule has 3 aromatic rings. The lowest BCUT2D eigenvalue weighted by molar-refractivity contribution is 0.583. The van der Waals surface area contributed by atoms with Gasteiger partial charge in [-0.05, 0) is 33.6 Å². The van der Waals surface area contributed by atoms with Gasteiger partial charge in [0.15, 0.2) is 5.65 Å². The topological polar surface area (TPSA) is 80.1 Å². The normalized spacial score (nSPS) is 11.0. The van der Waals surface area contributed by atoms with E-state index in [9.17, 15) is 8.78 Å². The van der Waals surface area contributed by atoms with Crippen molar-refractivity contribution < 1.29 is 8.78 Å². The molecule has 0 amide bonds. The minimum absolute atomic E-state index is 0.0394. The van der Waals surface area contributed by atoms with Crippen LogP contribution in [0.4, 0.5) is 8.78 Å². The van der Waals surface area contributed by atoms with Crippen LogP contribution in [0, 0.1) is 17.0 Å². The van der Waals surface area contributed by atoms with Crippen LogP contribution in [0.15, 0.2) is 35.2 Å². The molecule has 2 aromatic heterocycles. The van der Waals surface area contributed by atoms with E-state index in [2.05, 4.69) is 25.9 Å². The summed E-state index contributed by atoms with van der Waals surface area (Å²) in [4.78, 5) is 8.38. The Morgan fingerprint density at radius 3 is 2.82 bits per heavy atom. The Balaban J connectivity index is 2.12. The quantitative estimate of drug-likeness (QED) is 0.425. The number of nitrogens with two attached hydrogens (primary N) is 1. The molecule has 0 spiro atoms. The first-order valence-electron chi connectivity index (χ1n) is 6.26. The number of rotatable bonds is 3. The van der Waals surface area contributed by atoms with Gasteiger partial charge in [0.1, 0.15) is 23.2 Å². The van der Waals surface area contributed by atoms with E-state index in [-0.39, 0.29) is 28.0 Å². The molecule has 0 aliphatic heterocycles. The first-order valence-corrected chi connectivity index (χ1v) is 7.05. The Bertz CT molecular complexity index is 890. The van der Waals surface area contributed by atoms with Crippen molar-refractivity contribution in [3.8, 4) is 0 Å². The molecule has 0 unspecified atom stereocenters. The third-order valence-corrected chi connectivity index (χ3v) is 3.77. The number of halogens is 3. The third-order valence-electron chi connectivity index (χ3n) is 3.17. The highest BCUT2D eigenvalue weighted by Crippen LogP contribution is 2.22. The van der Waals surface area contributed by atoms with E-state index in [4.69, 9.17) is 11.1 Å². The minimum atomic E-state index is -0.557. The van der Waals surface area contributed by atoms with E-state index in [0.29, 0.717) is 11.3 Å². The molecule has 0 saturated heterocycles.